The zero-order chi connectivity index (χ0) is 16.6. The zero-order valence-corrected chi connectivity index (χ0v) is 11.6. The van der Waals surface area contributed by atoms with Gasteiger partial charge in [-0.2, -0.15) is 0 Å². The van der Waals surface area contributed by atoms with Crippen molar-refractivity contribution in [2.24, 2.45) is 0 Å². The van der Waals surface area contributed by atoms with Gasteiger partial charge in [-0.15, -0.1) is 0 Å². The van der Waals surface area contributed by atoms with Crippen LogP contribution in [0.15, 0.2) is 0 Å². The van der Waals surface area contributed by atoms with Crippen molar-refractivity contribution in [1.29, 1.82) is 0 Å². The third-order valence-corrected chi connectivity index (χ3v) is 4.18. The Kier molecular flexibility index (Phi) is 5.72. The number of hydrogen-bond acceptors (Lipinski definition) is 10. The van der Waals surface area contributed by atoms with Crippen molar-refractivity contribution in [3.8, 4) is 0 Å². The molecule has 0 aromatic rings. The minimum Gasteiger partial charge on any atom is -0.394 e. The first kappa shape index (κ1) is 17.9. The van der Waals surface area contributed by atoms with Gasteiger partial charge in [-0.25, -0.2) is 0 Å². The molecule has 0 aliphatic carbocycles. The average molecular weight is 326 g/mol. The first-order valence-corrected chi connectivity index (χ1v) is 6.94. The summed E-state index contributed by atoms with van der Waals surface area (Å²) in [6.45, 7) is -1.31. The maximum atomic E-state index is 9.99. The molecule has 0 aromatic heterocycles. The van der Waals surface area contributed by atoms with E-state index in [1.54, 1.807) is 0 Å². The summed E-state index contributed by atoms with van der Waals surface area (Å²) >= 11 is 0. The SMILES string of the molecule is OC[C@H]1OC(C2O[C@H](CO)[C@H](O)[C@H](O)[C@H]2O)[C@H](O)[C@@H](O)[C@H]1O. The van der Waals surface area contributed by atoms with E-state index < -0.39 is 74.3 Å². The summed E-state index contributed by atoms with van der Waals surface area (Å²) < 4.78 is 10.5. The van der Waals surface area contributed by atoms with Crippen LogP contribution in [0.4, 0.5) is 0 Å². The molecule has 8 N–H and O–H groups in total. The van der Waals surface area contributed by atoms with Crippen LogP contribution in [0.5, 0.6) is 0 Å². The molecule has 2 fully saturated rings. The monoisotopic (exact) mass is 326 g/mol. The minimum absolute atomic E-state index is 0.654. The number of ether oxygens (including phenoxy) is 2. The summed E-state index contributed by atoms with van der Waals surface area (Å²) in [5.74, 6) is 0. The lowest BCUT2D eigenvalue weighted by molar-refractivity contribution is -0.302. The Morgan fingerprint density at radius 1 is 0.500 bits per heavy atom. The summed E-state index contributed by atoms with van der Waals surface area (Å²) in [7, 11) is 0. The molecule has 10 heteroatoms. The van der Waals surface area contributed by atoms with Gasteiger partial charge in [-0.1, -0.05) is 0 Å². The van der Waals surface area contributed by atoms with Gasteiger partial charge in [0, 0.05) is 0 Å². The summed E-state index contributed by atoms with van der Waals surface area (Å²) in [5, 5.41) is 77.1. The lowest BCUT2D eigenvalue weighted by Crippen LogP contribution is -2.68. The molecule has 2 unspecified atom stereocenters. The molecule has 10 nitrogen and oxygen atoms in total. The van der Waals surface area contributed by atoms with Gasteiger partial charge in [0.25, 0.3) is 0 Å². The van der Waals surface area contributed by atoms with E-state index in [1.165, 1.54) is 0 Å². The van der Waals surface area contributed by atoms with E-state index in [9.17, 15) is 30.6 Å². The van der Waals surface area contributed by atoms with E-state index in [0.29, 0.717) is 0 Å². The van der Waals surface area contributed by atoms with Gasteiger partial charge >= 0.3 is 0 Å². The largest absolute Gasteiger partial charge is 0.394 e. The first-order chi connectivity index (χ1) is 10.3. The molecule has 0 aromatic carbocycles. The Hall–Kier alpha value is -0.400. The van der Waals surface area contributed by atoms with Gasteiger partial charge in [-0.3, -0.25) is 0 Å². The Morgan fingerprint density at radius 3 is 1.09 bits per heavy atom. The minimum atomic E-state index is -1.67. The molecule has 2 heterocycles. The number of aliphatic hydroxyl groups excluding tert-OH is 8. The highest BCUT2D eigenvalue weighted by molar-refractivity contribution is 5.02. The summed E-state index contributed by atoms with van der Waals surface area (Å²) in [6, 6.07) is 0. The van der Waals surface area contributed by atoms with Gasteiger partial charge in [0.1, 0.15) is 61.0 Å². The van der Waals surface area contributed by atoms with Gasteiger partial charge < -0.3 is 50.3 Å². The topological polar surface area (TPSA) is 180 Å². The quantitative estimate of drug-likeness (QED) is 0.249. The lowest BCUT2D eigenvalue weighted by Gasteiger charge is -2.48. The highest BCUT2D eigenvalue weighted by Gasteiger charge is 2.53. The predicted octanol–water partition coefficient (Wildman–Crippen LogP) is -5.33. The van der Waals surface area contributed by atoms with Crippen molar-refractivity contribution in [3.05, 3.63) is 0 Å². The van der Waals surface area contributed by atoms with Gasteiger partial charge in [0.2, 0.25) is 0 Å². The molecule has 2 aliphatic rings. The van der Waals surface area contributed by atoms with E-state index in [4.69, 9.17) is 19.7 Å². The van der Waals surface area contributed by atoms with Crippen molar-refractivity contribution in [2.75, 3.05) is 13.2 Å². The number of hydrogen-bond donors (Lipinski definition) is 8. The number of rotatable bonds is 3. The molecule has 0 radical (unpaired) electrons. The van der Waals surface area contributed by atoms with Crippen LogP contribution in [-0.4, -0.2) is 115 Å². The smallest absolute Gasteiger partial charge is 0.115 e. The standard InChI is InChI=1S/C12H22O10/c13-1-3-5(15)7(17)9(19)11(21-3)12-10(20)8(18)6(16)4(2-14)22-12/h3-20H,1-2H2/t3-,4-,5+,6+,7+,8+,9-,10-,11?,12?/m1/s1. The molecule has 130 valence electrons. The highest BCUT2D eigenvalue weighted by atomic mass is 16.6. The maximum absolute atomic E-state index is 9.99. The zero-order valence-electron chi connectivity index (χ0n) is 11.6. The fourth-order valence-electron chi connectivity index (χ4n) is 2.80. The molecular weight excluding hydrogens is 304 g/mol. The van der Waals surface area contributed by atoms with Crippen LogP contribution in [0.2, 0.25) is 0 Å². The lowest BCUT2D eigenvalue weighted by atomic mass is 9.86. The normalized spacial score (nSPS) is 53.5. The Morgan fingerprint density at radius 2 is 0.818 bits per heavy atom. The third kappa shape index (κ3) is 2.99. The summed E-state index contributed by atoms with van der Waals surface area (Å²) in [5.41, 5.74) is 0. The second-order valence-corrected chi connectivity index (χ2v) is 5.59. The molecule has 0 amide bonds. The molecule has 2 saturated heterocycles. The van der Waals surface area contributed by atoms with Crippen molar-refractivity contribution >= 4 is 0 Å². The van der Waals surface area contributed by atoms with Gasteiger partial charge in [-0.05, 0) is 0 Å². The maximum Gasteiger partial charge on any atom is 0.115 e. The van der Waals surface area contributed by atoms with E-state index in [-0.39, 0.29) is 0 Å². The molecule has 0 saturated carbocycles. The molecule has 0 spiro atoms. The summed E-state index contributed by atoms with van der Waals surface area (Å²) in [6.07, 6.45) is -15.0. The Bertz CT molecular complexity index is 330. The van der Waals surface area contributed by atoms with E-state index in [1.807, 2.05) is 0 Å². The Balaban J connectivity index is 2.21. The van der Waals surface area contributed by atoms with Crippen molar-refractivity contribution in [1.82, 2.24) is 0 Å². The van der Waals surface area contributed by atoms with Crippen LogP contribution in [0.25, 0.3) is 0 Å². The number of aliphatic hydroxyl groups is 8. The van der Waals surface area contributed by atoms with Crippen LogP contribution in [-0.2, 0) is 9.47 Å². The average Bonchev–Trinajstić information content (AvgIpc) is 2.52. The van der Waals surface area contributed by atoms with E-state index >= 15 is 0 Å². The van der Waals surface area contributed by atoms with Gasteiger partial charge in [0.05, 0.1) is 13.2 Å². The van der Waals surface area contributed by atoms with Crippen LogP contribution >= 0.6 is 0 Å². The summed E-state index contributed by atoms with van der Waals surface area (Å²) in [4.78, 5) is 0. The molecule has 0 bridgehead atoms. The van der Waals surface area contributed by atoms with Gasteiger partial charge in [0.15, 0.2) is 0 Å². The van der Waals surface area contributed by atoms with Crippen molar-refractivity contribution < 1.29 is 50.3 Å². The van der Waals surface area contributed by atoms with Crippen LogP contribution < -0.4 is 0 Å². The molecule has 10 atom stereocenters. The predicted molar refractivity (Wildman–Crippen MR) is 67.5 cm³/mol. The van der Waals surface area contributed by atoms with E-state index in [0.717, 1.165) is 0 Å². The third-order valence-electron chi connectivity index (χ3n) is 4.18. The van der Waals surface area contributed by atoms with Crippen LogP contribution in [0.3, 0.4) is 0 Å². The second kappa shape index (κ2) is 7.01. The molecule has 2 rings (SSSR count). The molecule has 2 aliphatic heterocycles. The highest BCUT2D eigenvalue weighted by Crippen LogP contribution is 2.31. The molecule has 22 heavy (non-hydrogen) atoms. The van der Waals surface area contributed by atoms with Crippen molar-refractivity contribution in [3.63, 3.8) is 0 Å². The first-order valence-electron chi connectivity index (χ1n) is 6.94. The van der Waals surface area contributed by atoms with Crippen molar-refractivity contribution in [2.45, 2.75) is 61.0 Å². The molecular formula is C12H22O10. The fraction of sp³-hybridized carbons (Fsp3) is 1.00. The van der Waals surface area contributed by atoms with E-state index in [2.05, 4.69) is 0 Å². The van der Waals surface area contributed by atoms with Crippen LogP contribution in [0, 0.1) is 0 Å². The fourth-order valence-corrected chi connectivity index (χ4v) is 2.80. The Labute approximate surface area is 125 Å². The van der Waals surface area contributed by atoms with Crippen LogP contribution in [0.1, 0.15) is 0 Å². The second-order valence-electron chi connectivity index (χ2n) is 5.59.